The molecule has 0 bridgehead atoms. The van der Waals surface area contributed by atoms with E-state index in [0.717, 1.165) is 17.7 Å². The van der Waals surface area contributed by atoms with Gasteiger partial charge in [0, 0.05) is 10.6 Å². The lowest BCUT2D eigenvalue weighted by Gasteiger charge is -2.16. The van der Waals surface area contributed by atoms with Crippen LogP contribution < -0.4 is 5.32 Å². The number of nitrogens with one attached hydrogen (secondary N) is 1. The van der Waals surface area contributed by atoms with Crippen molar-refractivity contribution < 1.29 is 13.6 Å². The summed E-state index contributed by atoms with van der Waals surface area (Å²) in [6.07, 6.45) is 3.42. The smallest absolute Gasteiger partial charge is 0.277 e. The van der Waals surface area contributed by atoms with Crippen molar-refractivity contribution in [3.8, 4) is 10.8 Å². The molecular weight excluding hydrogens is 397 g/mol. The second kappa shape index (κ2) is 8.05. The molecule has 2 aromatic heterocycles. The molecular formula is C20H20FN3O2S2. The molecule has 28 heavy (non-hydrogen) atoms. The fourth-order valence-corrected chi connectivity index (χ4v) is 5.00. The number of anilines is 1. The van der Waals surface area contributed by atoms with Crippen LogP contribution in [0.25, 0.3) is 10.8 Å². The van der Waals surface area contributed by atoms with Gasteiger partial charge in [-0.05, 0) is 61.9 Å². The minimum Gasteiger partial charge on any atom is -0.410 e. The van der Waals surface area contributed by atoms with E-state index in [2.05, 4.69) is 28.5 Å². The number of aromatic nitrogens is 2. The van der Waals surface area contributed by atoms with Crippen molar-refractivity contribution in [1.29, 1.82) is 0 Å². The number of amides is 1. The molecule has 1 aliphatic carbocycles. The van der Waals surface area contributed by atoms with Gasteiger partial charge in [0.05, 0.1) is 10.1 Å². The van der Waals surface area contributed by atoms with Crippen molar-refractivity contribution in [2.75, 3.05) is 5.32 Å². The van der Waals surface area contributed by atoms with Crippen LogP contribution in [0, 0.1) is 11.7 Å². The molecule has 0 unspecified atom stereocenters. The summed E-state index contributed by atoms with van der Waals surface area (Å²) >= 11 is 2.90. The molecule has 5 nitrogen and oxygen atoms in total. The Labute approximate surface area is 170 Å². The average Bonchev–Trinajstić information content (AvgIpc) is 3.27. The first-order chi connectivity index (χ1) is 13.5. The van der Waals surface area contributed by atoms with Crippen LogP contribution in [0.4, 0.5) is 10.1 Å². The molecule has 1 aromatic carbocycles. The lowest BCUT2D eigenvalue weighted by Crippen LogP contribution is -2.22. The molecule has 0 aliphatic heterocycles. The second-order valence-electron chi connectivity index (χ2n) is 7.04. The quantitative estimate of drug-likeness (QED) is 0.579. The minimum absolute atomic E-state index is 0.254. The maximum atomic E-state index is 13.2. The number of aryl methyl sites for hydroxylation is 1. The van der Waals surface area contributed by atoms with Gasteiger partial charge in [0.2, 0.25) is 5.91 Å². The van der Waals surface area contributed by atoms with Crippen LogP contribution in [-0.2, 0) is 17.6 Å². The molecule has 8 heteroatoms. The first-order valence-electron chi connectivity index (χ1n) is 9.16. The van der Waals surface area contributed by atoms with E-state index in [4.69, 9.17) is 4.42 Å². The monoisotopic (exact) mass is 417 g/mol. The number of carbonyl (C=O) groups is 1. The first kappa shape index (κ1) is 19.1. The van der Waals surface area contributed by atoms with Gasteiger partial charge < -0.3 is 9.73 Å². The summed E-state index contributed by atoms with van der Waals surface area (Å²) in [5, 5.41) is 10.8. The number of nitrogens with zero attached hydrogens (tertiary/aromatic N) is 2. The molecule has 4 rings (SSSR count). The molecule has 3 aromatic rings. The van der Waals surface area contributed by atoms with Crippen molar-refractivity contribution >= 4 is 34.7 Å². The summed E-state index contributed by atoms with van der Waals surface area (Å²) in [7, 11) is 0. The number of hydrogen-bond acceptors (Lipinski definition) is 6. The molecule has 1 aliphatic rings. The van der Waals surface area contributed by atoms with E-state index in [-0.39, 0.29) is 5.91 Å². The summed E-state index contributed by atoms with van der Waals surface area (Å²) in [6.45, 7) is 4.02. The van der Waals surface area contributed by atoms with Crippen LogP contribution in [0.15, 0.2) is 40.0 Å². The fraction of sp³-hybridized carbons (Fsp3) is 0.350. The average molecular weight is 418 g/mol. The molecule has 2 heterocycles. The van der Waals surface area contributed by atoms with E-state index in [9.17, 15) is 9.18 Å². The van der Waals surface area contributed by atoms with E-state index in [1.807, 2.05) is 0 Å². The zero-order valence-electron chi connectivity index (χ0n) is 15.6. The highest BCUT2D eigenvalue weighted by molar-refractivity contribution is 8.00. The highest BCUT2D eigenvalue weighted by Gasteiger charge is 2.22. The van der Waals surface area contributed by atoms with Gasteiger partial charge in [-0.3, -0.25) is 4.79 Å². The molecule has 0 fully saturated rings. The number of hydrogen-bond donors (Lipinski definition) is 1. The minimum atomic E-state index is -0.464. The number of halogens is 1. The van der Waals surface area contributed by atoms with Crippen LogP contribution in [0.1, 0.15) is 30.7 Å². The van der Waals surface area contributed by atoms with Gasteiger partial charge in [-0.25, -0.2) is 4.39 Å². The molecule has 1 N–H and O–H groups in total. The van der Waals surface area contributed by atoms with Crippen LogP contribution in [0.5, 0.6) is 0 Å². The fourth-order valence-electron chi connectivity index (χ4n) is 3.18. The van der Waals surface area contributed by atoms with Crippen molar-refractivity contribution in [3.05, 3.63) is 46.6 Å². The Morgan fingerprint density at radius 1 is 1.39 bits per heavy atom. The summed E-state index contributed by atoms with van der Waals surface area (Å²) in [5.41, 5.74) is 1.80. The van der Waals surface area contributed by atoms with E-state index < -0.39 is 11.1 Å². The Hall–Kier alpha value is -2.19. The lowest BCUT2D eigenvalue weighted by molar-refractivity contribution is -0.115. The van der Waals surface area contributed by atoms with Gasteiger partial charge in [0.15, 0.2) is 0 Å². The van der Waals surface area contributed by atoms with Crippen molar-refractivity contribution in [3.63, 3.8) is 0 Å². The number of rotatable bonds is 5. The topological polar surface area (TPSA) is 68.0 Å². The molecule has 1 amide bonds. The zero-order chi connectivity index (χ0) is 19.7. The number of fused-ring (bicyclic) bond motifs is 1. The van der Waals surface area contributed by atoms with Crippen LogP contribution in [0.3, 0.4) is 0 Å². The lowest BCUT2D eigenvalue weighted by atomic mass is 9.90. The van der Waals surface area contributed by atoms with Crippen LogP contribution in [0.2, 0.25) is 0 Å². The Morgan fingerprint density at radius 3 is 3.07 bits per heavy atom. The molecule has 2 atom stereocenters. The third-order valence-electron chi connectivity index (χ3n) is 4.69. The number of thioether (sulfide) groups is 1. The maximum Gasteiger partial charge on any atom is 0.277 e. The molecule has 0 spiro atoms. The van der Waals surface area contributed by atoms with Crippen molar-refractivity contribution in [1.82, 2.24) is 10.2 Å². The highest BCUT2D eigenvalue weighted by atomic mass is 32.2. The van der Waals surface area contributed by atoms with Crippen molar-refractivity contribution in [2.24, 2.45) is 5.92 Å². The summed E-state index contributed by atoms with van der Waals surface area (Å²) in [6, 6.07) is 7.95. The molecule has 0 saturated heterocycles. The Kier molecular flexibility index (Phi) is 5.50. The Morgan fingerprint density at radius 2 is 2.25 bits per heavy atom. The third-order valence-corrected chi connectivity index (χ3v) is 6.84. The largest absolute Gasteiger partial charge is 0.410 e. The summed E-state index contributed by atoms with van der Waals surface area (Å²) in [4.78, 5) is 14.7. The SMILES string of the molecule is C[C@H]1CCc2sc(-c3nnc(S[C@@H](C)C(=O)Nc4cccc(F)c4)o3)cc2C1. The van der Waals surface area contributed by atoms with Gasteiger partial charge in [-0.1, -0.05) is 24.8 Å². The third kappa shape index (κ3) is 4.28. The Bertz CT molecular complexity index is 1000. The van der Waals surface area contributed by atoms with E-state index in [1.165, 1.54) is 40.8 Å². The molecule has 0 saturated carbocycles. The van der Waals surface area contributed by atoms with Crippen molar-refractivity contribution in [2.45, 2.75) is 43.6 Å². The van der Waals surface area contributed by atoms with Gasteiger partial charge in [0.1, 0.15) is 5.82 Å². The first-order valence-corrected chi connectivity index (χ1v) is 10.9. The van der Waals surface area contributed by atoms with E-state index >= 15 is 0 Å². The second-order valence-corrected chi connectivity index (χ2v) is 9.47. The summed E-state index contributed by atoms with van der Waals surface area (Å²) < 4.78 is 19.0. The van der Waals surface area contributed by atoms with Crippen LogP contribution >= 0.6 is 23.1 Å². The predicted molar refractivity (Wildman–Crippen MR) is 109 cm³/mol. The summed E-state index contributed by atoms with van der Waals surface area (Å²) in [5.74, 6) is 0.553. The Balaban J connectivity index is 1.41. The van der Waals surface area contributed by atoms with Crippen LogP contribution in [-0.4, -0.2) is 21.4 Å². The highest BCUT2D eigenvalue weighted by Crippen LogP contribution is 2.37. The predicted octanol–water partition coefficient (Wildman–Crippen LogP) is 5.18. The molecule has 0 radical (unpaired) electrons. The van der Waals surface area contributed by atoms with Gasteiger partial charge in [-0.2, -0.15) is 0 Å². The van der Waals surface area contributed by atoms with E-state index in [1.54, 1.807) is 30.4 Å². The number of benzene rings is 1. The standard InChI is InChI=1S/C20H20FN3O2S2/c1-11-6-7-16-13(8-11)9-17(28-16)19-23-24-20(26-19)27-12(2)18(25)22-15-5-3-4-14(21)10-15/h3-5,9-12H,6-8H2,1-2H3,(H,22,25)/t11-,12-/m0/s1. The number of thiophene rings is 1. The maximum absolute atomic E-state index is 13.2. The van der Waals surface area contributed by atoms with E-state index in [0.29, 0.717) is 22.7 Å². The van der Waals surface area contributed by atoms with Gasteiger partial charge in [-0.15, -0.1) is 21.5 Å². The normalized spacial score (nSPS) is 17.2. The van der Waals surface area contributed by atoms with Gasteiger partial charge >= 0.3 is 0 Å². The van der Waals surface area contributed by atoms with Gasteiger partial charge in [0.25, 0.3) is 11.1 Å². The zero-order valence-corrected chi connectivity index (χ0v) is 17.2. The molecule has 146 valence electrons. The number of carbonyl (C=O) groups excluding carboxylic acids is 1.